The molecule has 26 heavy (non-hydrogen) atoms. The van der Waals surface area contributed by atoms with Crippen molar-refractivity contribution in [2.24, 2.45) is 11.7 Å². The molecule has 0 unspecified atom stereocenters. The van der Waals surface area contributed by atoms with Gasteiger partial charge in [0.15, 0.2) is 0 Å². The van der Waals surface area contributed by atoms with Gasteiger partial charge in [-0.1, -0.05) is 55.9 Å². The molecule has 2 rings (SSSR count). The van der Waals surface area contributed by atoms with Gasteiger partial charge in [-0.2, -0.15) is 0 Å². The first-order chi connectivity index (χ1) is 12.5. The molecule has 0 aliphatic heterocycles. The van der Waals surface area contributed by atoms with E-state index >= 15 is 0 Å². The number of amides is 1. The molecule has 1 aliphatic rings. The maximum Gasteiger partial charge on any atom is 0.226 e. The van der Waals surface area contributed by atoms with E-state index in [4.69, 9.17) is 5.73 Å². The normalized spacial score (nSPS) is 15.1. The largest absolute Gasteiger partial charge is 0.369 e. The minimum atomic E-state index is -0.323. The quantitative estimate of drug-likeness (QED) is 0.630. The van der Waals surface area contributed by atoms with Crippen molar-refractivity contribution in [1.82, 2.24) is 0 Å². The van der Waals surface area contributed by atoms with Gasteiger partial charge in [0.1, 0.15) is 0 Å². The molecule has 3 nitrogen and oxygen atoms in total. The van der Waals surface area contributed by atoms with Crippen molar-refractivity contribution in [2.45, 2.75) is 65.7 Å². The molecule has 3 heteroatoms. The molecule has 1 saturated carbocycles. The first kappa shape index (κ1) is 20.5. The maximum atomic E-state index is 11.4. The van der Waals surface area contributed by atoms with Crippen LogP contribution in [0.15, 0.2) is 35.9 Å². The Balaban J connectivity index is 1.98. The standard InChI is InChI=1S/C23H35N2O/c1-18(2)15-16-25(17-19(3)23(24)26)22-13-11-21(12-14-22)10-9-20-7-5-4-6-8-20/h11-15,20H,4-10,16-17H2,1-3H3,(H2,24,26). The van der Waals surface area contributed by atoms with E-state index in [0.29, 0.717) is 12.5 Å². The van der Waals surface area contributed by atoms with Crippen molar-refractivity contribution in [3.63, 3.8) is 0 Å². The molecule has 0 bridgehead atoms. The summed E-state index contributed by atoms with van der Waals surface area (Å²) in [6.45, 7) is 7.36. The highest BCUT2D eigenvalue weighted by Crippen LogP contribution is 2.28. The van der Waals surface area contributed by atoms with Crippen molar-refractivity contribution < 1.29 is 4.79 Å². The first-order valence-corrected chi connectivity index (χ1v) is 10.0. The van der Waals surface area contributed by atoms with Crippen molar-refractivity contribution in [1.29, 1.82) is 0 Å². The molecule has 1 radical (unpaired) electrons. The third-order valence-corrected chi connectivity index (χ3v) is 5.44. The van der Waals surface area contributed by atoms with Gasteiger partial charge < -0.3 is 10.6 Å². The topological polar surface area (TPSA) is 46.3 Å². The second-order valence-corrected chi connectivity index (χ2v) is 8.02. The fourth-order valence-electron chi connectivity index (χ4n) is 3.64. The molecule has 2 N–H and O–H groups in total. The minimum absolute atomic E-state index is 0.323. The molecular formula is C23H35N2O. The van der Waals surface area contributed by atoms with Crippen LogP contribution in [0.25, 0.3) is 0 Å². The Morgan fingerprint density at radius 3 is 2.35 bits per heavy atom. The first-order valence-electron chi connectivity index (χ1n) is 10.0. The van der Waals surface area contributed by atoms with Crippen LogP contribution in [0.2, 0.25) is 0 Å². The third-order valence-electron chi connectivity index (χ3n) is 5.44. The van der Waals surface area contributed by atoms with Gasteiger partial charge in [0.2, 0.25) is 5.91 Å². The second-order valence-electron chi connectivity index (χ2n) is 8.02. The summed E-state index contributed by atoms with van der Waals surface area (Å²) in [5.41, 5.74) is 9.27. The van der Waals surface area contributed by atoms with Gasteiger partial charge in [0.05, 0.1) is 5.92 Å². The van der Waals surface area contributed by atoms with Crippen LogP contribution in [0.5, 0.6) is 0 Å². The zero-order valence-electron chi connectivity index (χ0n) is 16.8. The number of hydrogen-bond donors (Lipinski definition) is 1. The summed E-state index contributed by atoms with van der Waals surface area (Å²) in [5, 5.41) is 0. The lowest BCUT2D eigenvalue weighted by molar-refractivity contribution is -0.116. The zero-order valence-corrected chi connectivity index (χ0v) is 16.8. The Morgan fingerprint density at radius 2 is 1.77 bits per heavy atom. The Kier molecular flexibility index (Phi) is 8.21. The van der Waals surface area contributed by atoms with E-state index in [1.807, 2.05) is 6.92 Å². The summed E-state index contributed by atoms with van der Waals surface area (Å²) in [7, 11) is 0. The van der Waals surface area contributed by atoms with E-state index in [2.05, 4.69) is 49.1 Å². The summed E-state index contributed by atoms with van der Waals surface area (Å²) < 4.78 is 0. The number of allylic oxidation sites excluding steroid dienone is 1. The minimum Gasteiger partial charge on any atom is -0.369 e. The monoisotopic (exact) mass is 355 g/mol. The smallest absolute Gasteiger partial charge is 0.226 e. The molecule has 1 aliphatic carbocycles. The summed E-state index contributed by atoms with van der Waals surface area (Å²) in [6.07, 6.45) is 11.8. The molecule has 0 heterocycles. The number of rotatable bonds is 9. The Morgan fingerprint density at radius 1 is 1.12 bits per heavy atom. The number of benzene rings is 1. The van der Waals surface area contributed by atoms with Gasteiger partial charge in [0, 0.05) is 18.8 Å². The fraction of sp³-hybridized carbons (Fsp3) is 0.565. The summed E-state index contributed by atoms with van der Waals surface area (Å²) in [4.78, 5) is 13.6. The lowest BCUT2D eigenvalue weighted by Crippen LogP contribution is -2.33. The highest BCUT2D eigenvalue weighted by molar-refractivity contribution is 5.88. The van der Waals surface area contributed by atoms with E-state index in [1.165, 1.54) is 56.1 Å². The van der Waals surface area contributed by atoms with E-state index in [-0.39, 0.29) is 5.91 Å². The van der Waals surface area contributed by atoms with Gasteiger partial charge >= 0.3 is 0 Å². The summed E-state index contributed by atoms with van der Waals surface area (Å²) >= 11 is 0. The van der Waals surface area contributed by atoms with E-state index in [1.54, 1.807) is 0 Å². The maximum absolute atomic E-state index is 11.4. The highest BCUT2D eigenvalue weighted by Gasteiger charge is 2.16. The third kappa shape index (κ3) is 6.86. The number of hydrogen-bond acceptors (Lipinski definition) is 2. The summed E-state index contributed by atoms with van der Waals surface area (Å²) in [5.74, 6) is 1.29. The van der Waals surface area contributed by atoms with E-state index < -0.39 is 0 Å². The molecule has 0 saturated heterocycles. The number of carbonyl (C=O) groups excluding carboxylic acids is 1. The molecule has 0 atom stereocenters. The Labute approximate surface area is 159 Å². The van der Waals surface area contributed by atoms with Gasteiger partial charge in [-0.15, -0.1) is 0 Å². The predicted molar refractivity (Wildman–Crippen MR) is 111 cm³/mol. The van der Waals surface area contributed by atoms with E-state index in [9.17, 15) is 4.79 Å². The average Bonchev–Trinajstić information content (AvgIpc) is 2.64. The number of nitrogens with zero attached hydrogens (tertiary/aromatic N) is 1. The van der Waals surface area contributed by atoms with Crippen LogP contribution < -0.4 is 10.6 Å². The van der Waals surface area contributed by atoms with Crippen LogP contribution in [0.3, 0.4) is 0 Å². The molecule has 0 aromatic heterocycles. The Bertz CT molecular complexity index is 581. The second kappa shape index (κ2) is 10.4. The number of nitrogens with two attached hydrogens (primary N) is 1. The zero-order chi connectivity index (χ0) is 18.9. The fourth-order valence-corrected chi connectivity index (χ4v) is 3.64. The van der Waals surface area contributed by atoms with Crippen LogP contribution in [0, 0.1) is 11.8 Å². The number of carbonyl (C=O) groups is 1. The number of aryl methyl sites for hydroxylation is 1. The van der Waals surface area contributed by atoms with Gasteiger partial charge in [-0.3, -0.25) is 4.79 Å². The number of primary amides is 1. The van der Waals surface area contributed by atoms with E-state index in [0.717, 1.165) is 18.2 Å². The van der Waals surface area contributed by atoms with Crippen molar-refractivity contribution in [2.75, 3.05) is 18.0 Å². The van der Waals surface area contributed by atoms with Crippen LogP contribution in [0.1, 0.15) is 64.9 Å². The summed E-state index contributed by atoms with van der Waals surface area (Å²) in [6, 6.07) is 8.85. The molecule has 1 amide bonds. The van der Waals surface area contributed by atoms with Crippen molar-refractivity contribution in [3.8, 4) is 0 Å². The molecule has 143 valence electrons. The van der Waals surface area contributed by atoms with Crippen LogP contribution in [-0.2, 0) is 11.2 Å². The van der Waals surface area contributed by atoms with Crippen molar-refractivity contribution in [3.05, 3.63) is 47.4 Å². The Hall–Kier alpha value is -1.77. The van der Waals surface area contributed by atoms with Crippen LogP contribution in [0.4, 0.5) is 5.69 Å². The average molecular weight is 356 g/mol. The number of anilines is 1. The van der Waals surface area contributed by atoms with Gasteiger partial charge in [-0.25, -0.2) is 0 Å². The predicted octanol–water partition coefficient (Wildman–Crippen LogP) is 5.05. The molecule has 1 aromatic carbocycles. The molecule has 1 aromatic rings. The lowest BCUT2D eigenvalue weighted by Gasteiger charge is -2.26. The van der Waals surface area contributed by atoms with Gasteiger partial charge in [-0.05, 0) is 57.2 Å². The van der Waals surface area contributed by atoms with Crippen LogP contribution >= 0.6 is 0 Å². The van der Waals surface area contributed by atoms with Crippen LogP contribution in [-0.4, -0.2) is 19.0 Å². The molecule has 0 spiro atoms. The SMILES string of the molecule is C[C](CN(CC=C(C)C)c1ccc(CCC2CCCCC2)cc1)C(N)=O. The molecule has 1 fully saturated rings. The lowest BCUT2D eigenvalue weighted by atomic mass is 9.85. The van der Waals surface area contributed by atoms with Gasteiger partial charge in [0.25, 0.3) is 0 Å². The highest BCUT2D eigenvalue weighted by atomic mass is 16.1. The van der Waals surface area contributed by atoms with Crippen molar-refractivity contribution >= 4 is 11.6 Å². The molecular weight excluding hydrogens is 320 g/mol.